The van der Waals surface area contributed by atoms with E-state index in [1.807, 2.05) is 0 Å². The zero-order chi connectivity index (χ0) is 7.84. The van der Waals surface area contributed by atoms with Crippen LogP contribution in [0.5, 0.6) is 0 Å². The highest BCUT2D eigenvalue weighted by Crippen LogP contribution is 2.33. The summed E-state index contributed by atoms with van der Waals surface area (Å²) in [4.78, 5) is 4.54. The Balaban J connectivity index is 1.97. The highest BCUT2D eigenvalue weighted by atomic mass is 16.5. The fourth-order valence-electron chi connectivity index (χ4n) is 1.30. The quantitative estimate of drug-likeness (QED) is 0.593. The molecule has 0 aromatic rings. The molecule has 2 rings (SSSR count). The van der Waals surface area contributed by atoms with Gasteiger partial charge < -0.3 is 4.74 Å². The van der Waals surface area contributed by atoms with Crippen LogP contribution >= 0.6 is 0 Å². The van der Waals surface area contributed by atoms with Gasteiger partial charge in [0.1, 0.15) is 6.61 Å². The fourth-order valence-corrected chi connectivity index (χ4v) is 1.30. The van der Waals surface area contributed by atoms with Gasteiger partial charge in [0.05, 0.1) is 6.04 Å². The van der Waals surface area contributed by atoms with E-state index in [2.05, 4.69) is 18.8 Å². The van der Waals surface area contributed by atoms with Crippen LogP contribution in [0.4, 0.5) is 0 Å². The van der Waals surface area contributed by atoms with Crippen LogP contribution < -0.4 is 0 Å². The molecule has 1 aliphatic heterocycles. The largest absolute Gasteiger partial charge is 0.478 e. The Morgan fingerprint density at radius 1 is 1.45 bits per heavy atom. The number of hydrogen-bond donors (Lipinski definition) is 0. The van der Waals surface area contributed by atoms with E-state index in [9.17, 15) is 0 Å². The maximum Gasteiger partial charge on any atom is 0.186 e. The lowest BCUT2D eigenvalue weighted by molar-refractivity contribution is 0.284. The van der Waals surface area contributed by atoms with Gasteiger partial charge in [0, 0.05) is 5.92 Å². The highest BCUT2D eigenvalue weighted by molar-refractivity contribution is 5.82. The molecule has 1 fully saturated rings. The first kappa shape index (κ1) is 7.14. The number of aliphatic imine (C=N–C) groups is 1. The van der Waals surface area contributed by atoms with Crippen molar-refractivity contribution >= 4 is 5.90 Å². The number of hydrogen-bond acceptors (Lipinski definition) is 2. The SMILES string of the molecule is CC(C)C1COC(C2CC2)=N1. The van der Waals surface area contributed by atoms with Crippen LogP contribution in [-0.4, -0.2) is 18.5 Å². The minimum absolute atomic E-state index is 0.436. The van der Waals surface area contributed by atoms with E-state index in [1.54, 1.807) is 0 Å². The second kappa shape index (κ2) is 2.50. The average Bonchev–Trinajstić information content (AvgIpc) is 2.68. The molecule has 2 nitrogen and oxygen atoms in total. The molecule has 62 valence electrons. The maximum atomic E-state index is 5.50. The van der Waals surface area contributed by atoms with E-state index in [0.717, 1.165) is 12.5 Å². The Labute approximate surface area is 67.7 Å². The van der Waals surface area contributed by atoms with Crippen molar-refractivity contribution in [1.29, 1.82) is 0 Å². The molecular weight excluding hydrogens is 138 g/mol. The van der Waals surface area contributed by atoms with Crippen molar-refractivity contribution in [2.24, 2.45) is 16.8 Å². The van der Waals surface area contributed by atoms with Crippen LogP contribution in [0.1, 0.15) is 26.7 Å². The van der Waals surface area contributed by atoms with Crippen molar-refractivity contribution in [3.63, 3.8) is 0 Å². The summed E-state index contributed by atoms with van der Waals surface area (Å²) < 4.78 is 5.50. The molecule has 1 atom stereocenters. The Kier molecular flexibility index (Phi) is 1.63. The average molecular weight is 153 g/mol. The molecule has 0 N–H and O–H groups in total. The molecule has 2 heteroatoms. The first-order valence-corrected chi connectivity index (χ1v) is 4.48. The third-order valence-corrected chi connectivity index (χ3v) is 2.39. The molecule has 0 bridgehead atoms. The van der Waals surface area contributed by atoms with Crippen LogP contribution in [0.2, 0.25) is 0 Å². The molecule has 1 unspecified atom stereocenters. The molecule has 0 radical (unpaired) electrons. The molecule has 1 aliphatic carbocycles. The van der Waals surface area contributed by atoms with Gasteiger partial charge in [-0.15, -0.1) is 0 Å². The zero-order valence-electron chi connectivity index (χ0n) is 7.21. The Morgan fingerprint density at radius 2 is 2.18 bits per heavy atom. The van der Waals surface area contributed by atoms with Crippen LogP contribution in [0, 0.1) is 11.8 Å². The van der Waals surface area contributed by atoms with Crippen LogP contribution in [0.15, 0.2) is 4.99 Å². The van der Waals surface area contributed by atoms with Gasteiger partial charge in [0.15, 0.2) is 5.90 Å². The van der Waals surface area contributed by atoms with Gasteiger partial charge >= 0.3 is 0 Å². The summed E-state index contributed by atoms with van der Waals surface area (Å²) in [6, 6.07) is 0.436. The second-order valence-corrected chi connectivity index (χ2v) is 3.86. The van der Waals surface area contributed by atoms with Gasteiger partial charge in [-0.05, 0) is 18.8 Å². The first-order chi connectivity index (χ1) is 5.27. The predicted octanol–water partition coefficient (Wildman–Crippen LogP) is 1.85. The summed E-state index contributed by atoms with van der Waals surface area (Å²) in [5, 5.41) is 0. The van der Waals surface area contributed by atoms with Gasteiger partial charge in [-0.3, -0.25) is 0 Å². The second-order valence-electron chi connectivity index (χ2n) is 3.86. The summed E-state index contributed by atoms with van der Waals surface area (Å²) in [6.07, 6.45) is 2.59. The van der Waals surface area contributed by atoms with E-state index in [1.165, 1.54) is 12.8 Å². The molecule has 1 heterocycles. The van der Waals surface area contributed by atoms with Gasteiger partial charge in [0.2, 0.25) is 0 Å². The minimum Gasteiger partial charge on any atom is -0.478 e. The highest BCUT2D eigenvalue weighted by Gasteiger charge is 2.34. The van der Waals surface area contributed by atoms with Crippen molar-refractivity contribution in [2.75, 3.05) is 6.61 Å². The van der Waals surface area contributed by atoms with E-state index >= 15 is 0 Å². The molecule has 11 heavy (non-hydrogen) atoms. The topological polar surface area (TPSA) is 21.6 Å². The minimum atomic E-state index is 0.436. The third-order valence-electron chi connectivity index (χ3n) is 2.39. The van der Waals surface area contributed by atoms with Gasteiger partial charge in [0.25, 0.3) is 0 Å². The lowest BCUT2D eigenvalue weighted by Gasteiger charge is -2.06. The monoisotopic (exact) mass is 153 g/mol. The smallest absolute Gasteiger partial charge is 0.186 e. The van der Waals surface area contributed by atoms with E-state index in [0.29, 0.717) is 17.9 Å². The fraction of sp³-hybridized carbons (Fsp3) is 0.889. The summed E-state index contributed by atoms with van der Waals surface area (Å²) in [5.41, 5.74) is 0. The lowest BCUT2D eigenvalue weighted by atomic mass is 10.1. The molecule has 2 aliphatic rings. The van der Waals surface area contributed by atoms with Crippen LogP contribution in [-0.2, 0) is 4.74 Å². The molecule has 0 spiro atoms. The molecule has 0 amide bonds. The molecule has 0 aromatic carbocycles. The van der Waals surface area contributed by atoms with Crippen molar-refractivity contribution in [2.45, 2.75) is 32.7 Å². The summed E-state index contributed by atoms with van der Waals surface area (Å²) in [7, 11) is 0. The Hall–Kier alpha value is -0.530. The predicted molar refractivity (Wildman–Crippen MR) is 44.7 cm³/mol. The molecule has 0 aromatic heterocycles. The normalized spacial score (nSPS) is 30.5. The molecule has 1 saturated carbocycles. The standard InChI is InChI=1S/C9H15NO/c1-6(2)8-5-11-9(10-8)7-3-4-7/h6-8H,3-5H2,1-2H3. The van der Waals surface area contributed by atoms with Crippen molar-refractivity contribution < 1.29 is 4.74 Å². The number of ether oxygens (including phenoxy) is 1. The van der Waals surface area contributed by atoms with Gasteiger partial charge in [-0.2, -0.15) is 0 Å². The number of nitrogens with zero attached hydrogens (tertiary/aromatic N) is 1. The van der Waals surface area contributed by atoms with Crippen molar-refractivity contribution in [1.82, 2.24) is 0 Å². The Bertz CT molecular complexity index is 182. The maximum absolute atomic E-state index is 5.50. The Morgan fingerprint density at radius 3 is 2.64 bits per heavy atom. The van der Waals surface area contributed by atoms with Crippen molar-refractivity contribution in [3.05, 3.63) is 0 Å². The molecule has 0 saturated heterocycles. The van der Waals surface area contributed by atoms with E-state index < -0.39 is 0 Å². The third kappa shape index (κ3) is 1.39. The number of rotatable bonds is 2. The van der Waals surface area contributed by atoms with E-state index in [-0.39, 0.29) is 0 Å². The molecular formula is C9H15NO. The summed E-state index contributed by atoms with van der Waals surface area (Å²) in [6.45, 7) is 5.23. The van der Waals surface area contributed by atoms with E-state index in [4.69, 9.17) is 4.74 Å². The zero-order valence-corrected chi connectivity index (χ0v) is 7.21. The summed E-state index contributed by atoms with van der Waals surface area (Å²) >= 11 is 0. The van der Waals surface area contributed by atoms with Crippen LogP contribution in [0.25, 0.3) is 0 Å². The summed E-state index contributed by atoms with van der Waals surface area (Å²) in [5.74, 6) is 2.37. The lowest BCUT2D eigenvalue weighted by Crippen LogP contribution is -2.13. The van der Waals surface area contributed by atoms with Crippen LogP contribution in [0.3, 0.4) is 0 Å². The first-order valence-electron chi connectivity index (χ1n) is 4.48. The van der Waals surface area contributed by atoms with Crippen molar-refractivity contribution in [3.8, 4) is 0 Å². The van der Waals surface area contributed by atoms with Gasteiger partial charge in [-0.25, -0.2) is 4.99 Å². The van der Waals surface area contributed by atoms with Gasteiger partial charge in [-0.1, -0.05) is 13.8 Å².